The van der Waals surface area contributed by atoms with Gasteiger partial charge in [0, 0.05) is 51.2 Å². The van der Waals surface area contributed by atoms with E-state index in [9.17, 15) is 0 Å². The van der Waals surface area contributed by atoms with Crippen LogP contribution in [0.1, 0.15) is 47.0 Å². The van der Waals surface area contributed by atoms with Gasteiger partial charge in [-0.2, -0.15) is 0 Å². The Kier molecular flexibility index (Phi) is 10.1. The molecule has 1 aliphatic rings. The van der Waals surface area contributed by atoms with Gasteiger partial charge in [-0.25, -0.2) is 0 Å². The van der Waals surface area contributed by atoms with E-state index in [0.29, 0.717) is 19.8 Å². The number of hydrogen-bond donors (Lipinski definition) is 0. The molecule has 0 aromatic carbocycles. The molecule has 0 aliphatic carbocycles. The van der Waals surface area contributed by atoms with Gasteiger partial charge in [-0.3, -0.25) is 4.99 Å². The Balaban J connectivity index is 2.38. The minimum absolute atomic E-state index is 0.646. The number of likely N-dealkylation sites (tertiary alicyclic amines) is 1. The predicted octanol–water partition coefficient (Wildman–Crippen LogP) is 2.98. The first kappa shape index (κ1) is 19.8. The van der Waals surface area contributed by atoms with E-state index in [1.54, 1.807) is 0 Å². The van der Waals surface area contributed by atoms with Crippen molar-refractivity contribution < 1.29 is 13.3 Å². The van der Waals surface area contributed by atoms with Gasteiger partial charge in [-0.1, -0.05) is 6.92 Å². The summed E-state index contributed by atoms with van der Waals surface area (Å²) in [5, 5.41) is 0. The molecule has 130 valence electrons. The van der Waals surface area contributed by atoms with Crippen LogP contribution in [0.2, 0.25) is 6.04 Å². The lowest BCUT2D eigenvalue weighted by Crippen LogP contribution is -2.46. The summed E-state index contributed by atoms with van der Waals surface area (Å²) in [6.45, 7) is 14.5. The summed E-state index contributed by atoms with van der Waals surface area (Å²) in [6, 6.07) is 0.861. The van der Waals surface area contributed by atoms with Crippen molar-refractivity contribution in [1.29, 1.82) is 0 Å². The highest BCUT2D eigenvalue weighted by Crippen LogP contribution is 2.18. The molecule has 5 nitrogen and oxygen atoms in total. The van der Waals surface area contributed by atoms with Crippen LogP contribution in [0.15, 0.2) is 4.99 Å². The van der Waals surface area contributed by atoms with Crippen LogP contribution in [-0.2, 0) is 13.3 Å². The molecule has 1 heterocycles. The van der Waals surface area contributed by atoms with E-state index in [2.05, 4.69) is 11.8 Å². The second-order valence-electron chi connectivity index (χ2n) is 5.47. The van der Waals surface area contributed by atoms with Crippen LogP contribution < -0.4 is 0 Å². The lowest BCUT2D eigenvalue weighted by atomic mass is 10.1. The van der Waals surface area contributed by atoms with Crippen LogP contribution in [0.25, 0.3) is 0 Å². The largest absolute Gasteiger partial charge is 0.500 e. The van der Waals surface area contributed by atoms with Gasteiger partial charge in [-0.05, 0) is 46.6 Å². The van der Waals surface area contributed by atoms with Crippen LogP contribution in [0.5, 0.6) is 0 Å². The molecular formula is C16H34N2O3Si. The molecule has 22 heavy (non-hydrogen) atoms. The summed E-state index contributed by atoms with van der Waals surface area (Å²) in [5.74, 6) is 0. The lowest BCUT2D eigenvalue weighted by molar-refractivity contribution is 0.0710. The van der Waals surface area contributed by atoms with Crippen molar-refractivity contribution in [2.75, 3.05) is 46.0 Å². The molecule has 0 radical (unpaired) electrons. The highest BCUT2D eigenvalue weighted by Gasteiger charge is 2.39. The van der Waals surface area contributed by atoms with Crippen LogP contribution in [0, 0.1) is 0 Å². The van der Waals surface area contributed by atoms with Crippen molar-refractivity contribution in [2.24, 2.45) is 4.99 Å². The summed E-state index contributed by atoms with van der Waals surface area (Å²) in [4.78, 5) is 7.26. The van der Waals surface area contributed by atoms with Crippen molar-refractivity contribution in [2.45, 2.75) is 53.0 Å². The zero-order valence-corrected chi connectivity index (χ0v) is 15.9. The second kappa shape index (κ2) is 11.3. The summed E-state index contributed by atoms with van der Waals surface area (Å²) >= 11 is 0. The summed E-state index contributed by atoms with van der Waals surface area (Å²) in [6.07, 6.45) is 3.23. The molecule has 0 atom stereocenters. The van der Waals surface area contributed by atoms with E-state index in [1.807, 2.05) is 20.8 Å². The minimum atomic E-state index is -2.48. The first-order valence-corrected chi connectivity index (χ1v) is 10.8. The minimum Gasteiger partial charge on any atom is -0.374 e. The van der Waals surface area contributed by atoms with Gasteiger partial charge in [0.15, 0.2) is 0 Å². The zero-order valence-electron chi connectivity index (χ0n) is 14.9. The fourth-order valence-electron chi connectivity index (χ4n) is 2.82. The standard InChI is InChI=1S/C16H34N2O3Si/c1-5-18-13-10-16(11-14-18)17-12-9-15-22(19-6-2,20-7-3)21-8-4/h5-15H2,1-4H3. The number of rotatable bonds is 11. The van der Waals surface area contributed by atoms with Gasteiger partial charge < -0.3 is 18.2 Å². The quantitative estimate of drug-likeness (QED) is 0.431. The van der Waals surface area contributed by atoms with E-state index >= 15 is 0 Å². The number of piperidine rings is 1. The first-order chi connectivity index (χ1) is 10.7. The number of nitrogens with zero attached hydrogens (tertiary/aromatic N) is 2. The number of aliphatic imine (C=N–C) groups is 1. The molecular weight excluding hydrogens is 296 g/mol. The molecule has 0 aromatic heterocycles. The molecule has 0 amide bonds. The Morgan fingerprint density at radius 3 is 1.95 bits per heavy atom. The molecule has 0 spiro atoms. The van der Waals surface area contributed by atoms with Crippen LogP contribution in [0.4, 0.5) is 0 Å². The number of hydrogen-bond acceptors (Lipinski definition) is 5. The van der Waals surface area contributed by atoms with Crippen molar-refractivity contribution >= 4 is 14.5 Å². The van der Waals surface area contributed by atoms with Gasteiger partial charge in [0.1, 0.15) is 0 Å². The third kappa shape index (κ3) is 6.87. The van der Waals surface area contributed by atoms with Crippen LogP contribution in [0.3, 0.4) is 0 Å². The van der Waals surface area contributed by atoms with E-state index in [1.165, 1.54) is 5.71 Å². The topological polar surface area (TPSA) is 43.3 Å². The average molecular weight is 331 g/mol. The summed E-state index contributed by atoms with van der Waals surface area (Å²) < 4.78 is 17.6. The van der Waals surface area contributed by atoms with Crippen molar-refractivity contribution in [3.63, 3.8) is 0 Å². The Labute approximate surface area is 137 Å². The fraction of sp³-hybridized carbons (Fsp3) is 0.938. The van der Waals surface area contributed by atoms with Crippen molar-refractivity contribution in [3.8, 4) is 0 Å². The van der Waals surface area contributed by atoms with Gasteiger partial charge >= 0.3 is 8.80 Å². The van der Waals surface area contributed by atoms with Gasteiger partial charge in [0.2, 0.25) is 0 Å². The van der Waals surface area contributed by atoms with E-state index in [-0.39, 0.29) is 0 Å². The molecule has 1 rings (SSSR count). The Morgan fingerprint density at radius 2 is 1.50 bits per heavy atom. The van der Waals surface area contributed by atoms with Gasteiger partial charge in [0.05, 0.1) is 0 Å². The molecule has 1 fully saturated rings. The monoisotopic (exact) mass is 330 g/mol. The molecule has 1 aliphatic heterocycles. The molecule has 0 N–H and O–H groups in total. The van der Waals surface area contributed by atoms with Gasteiger partial charge in [0.25, 0.3) is 0 Å². The predicted molar refractivity (Wildman–Crippen MR) is 93.7 cm³/mol. The van der Waals surface area contributed by atoms with Crippen LogP contribution >= 0.6 is 0 Å². The summed E-state index contributed by atoms with van der Waals surface area (Å²) in [5.41, 5.74) is 1.38. The molecule has 1 saturated heterocycles. The highest BCUT2D eigenvalue weighted by atomic mass is 28.4. The maximum absolute atomic E-state index is 5.87. The SMILES string of the molecule is CCO[Si](CCCN=C1CCN(CC)CC1)(OCC)OCC. The smallest absolute Gasteiger partial charge is 0.374 e. The molecule has 0 bridgehead atoms. The molecule has 0 unspecified atom stereocenters. The molecule has 0 saturated carbocycles. The Bertz CT molecular complexity index is 299. The Hall–Kier alpha value is -0.273. The van der Waals surface area contributed by atoms with E-state index < -0.39 is 8.80 Å². The molecule has 0 aromatic rings. The summed E-state index contributed by atoms with van der Waals surface area (Å²) in [7, 11) is -2.48. The molecule has 6 heteroatoms. The fourth-order valence-corrected chi connectivity index (χ4v) is 5.41. The lowest BCUT2D eigenvalue weighted by Gasteiger charge is -2.28. The normalized spacial score (nSPS) is 17.0. The first-order valence-electron chi connectivity index (χ1n) is 8.86. The van der Waals surface area contributed by atoms with E-state index in [0.717, 1.165) is 51.5 Å². The zero-order chi connectivity index (χ0) is 16.3. The second-order valence-corrected chi connectivity index (χ2v) is 8.20. The average Bonchev–Trinajstić information content (AvgIpc) is 2.53. The van der Waals surface area contributed by atoms with E-state index in [4.69, 9.17) is 18.3 Å². The van der Waals surface area contributed by atoms with Crippen LogP contribution in [-0.4, -0.2) is 65.4 Å². The third-order valence-electron chi connectivity index (χ3n) is 3.95. The van der Waals surface area contributed by atoms with Crippen molar-refractivity contribution in [1.82, 2.24) is 4.90 Å². The maximum Gasteiger partial charge on any atom is 0.500 e. The van der Waals surface area contributed by atoms with Gasteiger partial charge in [-0.15, -0.1) is 0 Å². The third-order valence-corrected chi connectivity index (χ3v) is 7.10. The highest BCUT2D eigenvalue weighted by molar-refractivity contribution is 6.60. The van der Waals surface area contributed by atoms with Crippen molar-refractivity contribution in [3.05, 3.63) is 0 Å². The Morgan fingerprint density at radius 1 is 0.955 bits per heavy atom. The maximum atomic E-state index is 5.87.